The van der Waals surface area contributed by atoms with Gasteiger partial charge in [-0.25, -0.2) is 0 Å². The number of carboxylic acid groups (broad SMARTS) is 1. The fourth-order valence-corrected chi connectivity index (χ4v) is 2.54. The number of carboxylic acids is 1. The maximum Gasteiger partial charge on any atom is 0.305 e. The Morgan fingerprint density at radius 1 is 0.436 bits per heavy atom. The first-order valence-electron chi connectivity index (χ1n) is 13.4. The number of hydrogen-bond donors (Lipinski definition) is 2. The van der Waals surface area contributed by atoms with E-state index in [0.717, 1.165) is 0 Å². The second kappa shape index (κ2) is 32.8. The normalized spacial score (nSPS) is 11.2. The highest BCUT2D eigenvalue weighted by atomic mass is 16.6. The number of carbonyl (C=O) groups excluding carboxylic acids is 1. The van der Waals surface area contributed by atoms with Crippen LogP contribution in [-0.4, -0.2) is 156 Å². The van der Waals surface area contributed by atoms with Gasteiger partial charge in [0.15, 0.2) is 0 Å². The molecule has 0 aromatic heterocycles. The second-order valence-corrected chi connectivity index (χ2v) is 7.75. The van der Waals surface area contributed by atoms with Crippen LogP contribution in [0.15, 0.2) is 0 Å². The lowest BCUT2D eigenvalue weighted by atomic mass is 10.5. The van der Waals surface area contributed by atoms with Gasteiger partial charge < -0.3 is 57.8 Å². The number of amides is 1. The summed E-state index contributed by atoms with van der Waals surface area (Å²) >= 11 is 0. The van der Waals surface area contributed by atoms with E-state index in [2.05, 4.69) is 5.32 Å². The van der Waals surface area contributed by atoms with Gasteiger partial charge in [-0.2, -0.15) is 0 Å². The SMILES string of the molecule is CC(=O)NCCOCCOCCOCCOCCOCCOCCOCCOCCOCCOCCC(=O)O. The first-order valence-corrected chi connectivity index (χ1v) is 13.4. The molecule has 14 nitrogen and oxygen atoms in total. The van der Waals surface area contributed by atoms with Crippen LogP contribution in [0.2, 0.25) is 0 Å². The van der Waals surface area contributed by atoms with Crippen molar-refractivity contribution in [1.82, 2.24) is 5.32 Å². The van der Waals surface area contributed by atoms with Crippen molar-refractivity contribution in [2.45, 2.75) is 13.3 Å². The molecule has 0 aromatic rings. The summed E-state index contributed by atoms with van der Waals surface area (Å²) in [5.74, 6) is -0.941. The van der Waals surface area contributed by atoms with Gasteiger partial charge in [0.25, 0.3) is 0 Å². The first-order chi connectivity index (χ1) is 19.1. The molecule has 0 saturated heterocycles. The van der Waals surface area contributed by atoms with Gasteiger partial charge in [-0.05, 0) is 0 Å². The van der Waals surface area contributed by atoms with Crippen molar-refractivity contribution in [3.05, 3.63) is 0 Å². The van der Waals surface area contributed by atoms with Crippen molar-refractivity contribution < 1.29 is 62.1 Å². The van der Waals surface area contributed by atoms with Gasteiger partial charge in [-0.1, -0.05) is 0 Å². The van der Waals surface area contributed by atoms with E-state index < -0.39 is 5.97 Å². The van der Waals surface area contributed by atoms with Gasteiger partial charge in [-0.15, -0.1) is 0 Å². The van der Waals surface area contributed by atoms with Gasteiger partial charge >= 0.3 is 5.97 Å². The zero-order valence-corrected chi connectivity index (χ0v) is 23.4. The lowest BCUT2D eigenvalue weighted by Gasteiger charge is -2.09. The molecule has 0 fully saturated rings. The first kappa shape index (κ1) is 37.5. The van der Waals surface area contributed by atoms with Crippen molar-refractivity contribution in [2.24, 2.45) is 0 Å². The van der Waals surface area contributed by atoms with Crippen LogP contribution in [-0.2, 0) is 57.0 Å². The van der Waals surface area contributed by atoms with Crippen LogP contribution in [0.4, 0.5) is 0 Å². The number of hydrogen-bond acceptors (Lipinski definition) is 12. The second-order valence-electron chi connectivity index (χ2n) is 7.75. The van der Waals surface area contributed by atoms with Crippen LogP contribution in [0.3, 0.4) is 0 Å². The van der Waals surface area contributed by atoms with Crippen molar-refractivity contribution in [1.29, 1.82) is 0 Å². The number of aliphatic carboxylic acids is 1. The van der Waals surface area contributed by atoms with Crippen molar-refractivity contribution in [3.63, 3.8) is 0 Å². The summed E-state index contributed by atoms with van der Waals surface area (Å²) in [6, 6.07) is 0. The van der Waals surface area contributed by atoms with Gasteiger partial charge in [0.1, 0.15) is 0 Å². The number of nitrogens with one attached hydrogen (secondary N) is 1. The zero-order chi connectivity index (χ0) is 28.5. The van der Waals surface area contributed by atoms with E-state index in [9.17, 15) is 9.59 Å². The van der Waals surface area contributed by atoms with Crippen LogP contribution >= 0.6 is 0 Å². The largest absolute Gasteiger partial charge is 0.481 e. The third-order valence-corrected chi connectivity index (χ3v) is 4.43. The minimum absolute atomic E-state index is 0.00313. The summed E-state index contributed by atoms with van der Waals surface area (Å²) in [7, 11) is 0. The molecule has 0 aliphatic carbocycles. The molecule has 0 rings (SSSR count). The minimum atomic E-state index is -0.876. The smallest absolute Gasteiger partial charge is 0.305 e. The zero-order valence-electron chi connectivity index (χ0n) is 23.4. The predicted octanol–water partition coefficient (Wildman–Crippen LogP) is -0.237. The maximum atomic E-state index is 10.7. The summed E-state index contributed by atoms with van der Waals surface area (Å²) in [6.45, 7) is 11.1. The number of carbonyl (C=O) groups is 2. The molecule has 0 radical (unpaired) electrons. The molecule has 0 aromatic carbocycles. The molecule has 0 bridgehead atoms. The fraction of sp³-hybridized carbons (Fsp3) is 0.920. The Morgan fingerprint density at radius 2 is 0.667 bits per heavy atom. The van der Waals surface area contributed by atoms with E-state index in [-0.39, 0.29) is 18.9 Å². The summed E-state index contributed by atoms with van der Waals surface area (Å²) in [5, 5.41) is 11.1. The van der Waals surface area contributed by atoms with E-state index >= 15 is 0 Å². The molecule has 0 atom stereocenters. The molecule has 232 valence electrons. The van der Waals surface area contributed by atoms with Crippen LogP contribution in [0.5, 0.6) is 0 Å². The van der Waals surface area contributed by atoms with Crippen molar-refractivity contribution in [2.75, 3.05) is 139 Å². The van der Waals surface area contributed by atoms with Crippen LogP contribution < -0.4 is 5.32 Å². The van der Waals surface area contributed by atoms with E-state index in [1.807, 2.05) is 0 Å². The molecule has 2 N–H and O–H groups in total. The standard InChI is InChI=1S/C25H49NO13/c1-24(27)26-3-5-31-7-9-33-11-13-35-15-17-37-19-21-39-23-22-38-20-18-36-16-14-34-12-10-32-8-6-30-4-2-25(28)29/h2-23H2,1H3,(H,26,27)(H,28,29). The molecule has 0 aliphatic heterocycles. The molecular formula is C25H49NO13. The van der Waals surface area contributed by atoms with Crippen LogP contribution in [0.1, 0.15) is 13.3 Å². The molecule has 0 aliphatic rings. The summed E-state index contributed by atoms with van der Waals surface area (Å²) in [6.07, 6.45) is -0.00313. The van der Waals surface area contributed by atoms with Crippen molar-refractivity contribution >= 4 is 11.9 Å². The summed E-state index contributed by atoms with van der Waals surface area (Å²) in [5.41, 5.74) is 0. The Morgan fingerprint density at radius 3 is 0.897 bits per heavy atom. The Labute approximate surface area is 231 Å². The van der Waals surface area contributed by atoms with E-state index in [0.29, 0.717) is 132 Å². The monoisotopic (exact) mass is 571 g/mol. The average molecular weight is 572 g/mol. The molecule has 0 heterocycles. The predicted molar refractivity (Wildman–Crippen MR) is 139 cm³/mol. The molecule has 1 amide bonds. The average Bonchev–Trinajstić information content (AvgIpc) is 2.91. The van der Waals surface area contributed by atoms with Crippen molar-refractivity contribution in [3.8, 4) is 0 Å². The minimum Gasteiger partial charge on any atom is -0.481 e. The molecule has 0 unspecified atom stereocenters. The highest BCUT2D eigenvalue weighted by molar-refractivity contribution is 5.72. The van der Waals surface area contributed by atoms with E-state index in [1.165, 1.54) is 6.92 Å². The van der Waals surface area contributed by atoms with Gasteiger partial charge in [0, 0.05) is 13.5 Å². The molecule has 14 heteroatoms. The Hall–Kier alpha value is -1.46. The lowest BCUT2D eigenvalue weighted by molar-refractivity contribution is -0.138. The van der Waals surface area contributed by atoms with Crippen LogP contribution in [0.25, 0.3) is 0 Å². The van der Waals surface area contributed by atoms with E-state index in [1.54, 1.807) is 0 Å². The van der Waals surface area contributed by atoms with Gasteiger partial charge in [-0.3, -0.25) is 9.59 Å². The topological polar surface area (TPSA) is 159 Å². The molecule has 39 heavy (non-hydrogen) atoms. The Bertz CT molecular complexity index is 484. The highest BCUT2D eigenvalue weighted by Gasteiger charge is 1.97. The molecule has 0 spiro atoms. The summed E-state index contributed by atoms with van der Waals surface area (Å²) in [4.78, 5) is 21.0. The number of ether oxygens (including phenoxy) is 10. The Kier molecular flexibility index (Phi) is 31.5. The third-order valence-electron chi connectivity index (χ3n) is 4.43. The third kappa shape index (κ3) is 36.5. The molecule has 0 saturated carbocycles. The van der Waals surface area contributed by atoms with E-state index in [4.69, 9.17) is 52.5 Å². The highest BCUT2D eigenvalue weighted by Crippen LogP contribution is 1.87. The maximum absolute atomic E-state index is 10.7. The fourth-order valence-electron chi connectivity index (χ4n) is 2.54. The lowest BCUT2D eigenvalue weighted by Crippen LogP contribution is -2.25. The molecular weight excluding hydrogens is 522 g/mol. The van der Waals surface area contributed by atoms with Crippen LogP contribution in [0, 0.1) is 0 Å². The summed E-state index contributed by atoms with van der Waals surface area (Å²) < 4.78 is 53.6. The Balaban J connectivity index is 3.04. The van der Waals surface area contributed by atoms with Gasteiger partial charge in [0.2, 0.25) is 5.91 Å². The quantitative estimate of drug-likeness (QED) is 0.0995. The number of rotatable bonds is 33. The van der Waals surface area contributed by atoms with Gasteiger partial charge in [0.05, 0.1) is 139 Å².